The fourth-order valence-electron chi connectivity index (χ4n) is 2.81. The zero-order valence-electron chi connectivity index (χ0n) is 13.2. The van der Waals surface area contributed by atoms with Gasteiger partial charge < -0.3 is 14.6 Å². The summed E-state index contributed by atoms with van der Waals surface area (Å²) < 4.78 is 5.89. The molecule has 1 aromatic heterocycles. The third kappa shape index (κ3) is 4.33. The number of nitrogens with zero attached hydrogens (tertiary/aromatic N) is 2. The largest absolute Gasteiger partial charge is 0.465 e. The lowest BCUT2D eigenvalue weighted by Crippen LogP contribution is -2.45. The molecule has 20 heavy (non-hydrogen) atoms. The first-order chi connectivity index (χ1) is 9.72. The summed E-state index contributed by atoms with van der Waals surface area (Å²) in [5, 5.41) is 3.36. The minimum atomic E-state index is 0.913. The van der Waals surface area contributed by atoms with E-state index < -0.39 is 0 Å². The highest BCUT2D eigenvalue weighted by atomic mass is 16.3. The maximum absolute atomic E-state index is 5.89. The lowest BCUT2D eigenvalue weighted by molar-refractivity contribution is 0.121. The van der Waals surface area contributed by atoms with Gasteiger partial charge in [0.25, 0.3) is 0 Å². The molecule has 1 aliphatic rings. The maximum atomic E-state index is 5.89. The summed E-state index contributed by atoms with van der Waals surface area (Å²) in [5.41, 5.74) is 1.30. The summed E-state index contributed by atoms with van der Waals surface area (Å²) in [7, 11) is 0. The van der Waals surface area contributed by atoms with E-state index in [1.807, 2.05) is 0 Å². The Labute approximate surface area is 123 Å². The predicted molar refractivity (Wildman–Crippen MR) is 82.8 cm³/mol. The standard InChI is InChI=1S/C16H29N3O/c1-4-6-18-7-9-19(10-8-18)13-16-11-15(12-17-5-2)14(3)20-16/h11,17H,4-10,12-13H2,1-3H3. The zero-order chi connectivity index (χ0) is 14.4. The molecule has 0 amide bonds. The fourth-order valence-corrected chi connectivity index (χ4v) is 2.81. The van der Waals surface area contributed by atoms with Gasteiger partial charge in [-0.15, -0.1) is 0 Å². The molecule has 0 radical (unpaired) electrons. The molecule has 114 valence electrons. The minimum absolute atomic E-state index is 0.913. The number of rotatable bonds is 7. The first-order valence-electron chi connectivity index (χ1n) is 7.96. The first-order valence-corrected chi connectivity index (χ1v) is 7.96. The molecule has 1 aromatic rings. The molecule has 2 heterocycles. The highest BCUT2D eigenvalue weighted by molar-refractivity contribution is 5.20. The van der Waals surface area contributed by atoms with Gasteiger partial charge in [0, 0.05) is 38.3 Å². The second-order valence-electron chi connectivity index (χ2n) is 5.69. The topological polar surface area (TPSA) is 31.6 Å². The van der Waals surface area contributed by atoms with Crippen molar-refractivity contribution in [2.24, 2.45) is 0 Å². The molecule has 0 aromatic carbocycles. The Morgan fingerprint density at radius 2 is 1.85 bits per heavy atom. The molecule has 0 unspecified atom stereocenters. The summed E-state index contributed by atoms with van der Waals surface area (Å²) in [6.07, 6.45) is 1.26. The molecule has 4 nitrogen and oxygen atoms in total. The Hall–Kier alpha value is -0.840. The minimum Gasteiger partial charge on any atom is -0.465 e. The average Bonchev–Trinajstić information content (AvgIpc) is 2.79. The van der Waals surface area contributed by atoms with Crippen molar-refractivity contribution in [3.05, 3.63) is 23.2 Å². The number of hydrogen-bond donors (Lipinski definition) is 1. The van der Waals surface area contributed by atoms with Crippen LogP contribution in [0.15, 0.2) is 10.5 Å². The molecule has 0 spiro atoms. The number of aryl methyl sites for hydroxylation is 1. The number of nitrogens with one attached hydrogen (secondary N) is 1. The molecule has 1 fully saturated rings. The number of piperazine rings is 1. The van der Waals surface area contributed by atoms with Gasteiger partial charge in [0.05, 0.1) is 6.54 Å². The fraction of sp³-hybridized carbons (Fsp3) is 0.750. The number of furan rings is 1. The molecule has 2 rings (SSSR count). The summed E-state index contributed by atoms with van der Waals surface area (Å²) in [5.74, 6) is 2.17. The van der Waals surface area contributed by atoms with Crippen LogP contribution in [0.5, 0.6) is 0 Å². The maximum Gasteiger partial charge on any atom is 0.118 e. The normalized spacial score (nSPS) is 17.8. The first kappa shape index (κ1) is 15.5. The van der Waals surface area contributed by atoms with E-state index >= 15 is 0 Å². The third-order valence-corrected chi connectivity index (χ3v) is 4.02. The van der Waals surface area contributed by atoms with Gasteiger partial charge in [-0.3, -0.25) is 4.90 Å². The van der Waals surface area contributed by atoms with Crippen LogP contribution in [0, 0.1) is 6.92 Å². The van der Waals surface area contributed by atoms with Crippen molar-refractivity contribution in [1.29, 1.82) is 0 Å². The van der Waals surface area contributed by atoms with Crippen molar-refractivity contribution < 1.29 is 4.42 Å². The van der Waals surface area contributed by atoms with Crippen molar-refractivity contribution in [1.82, 2.24) is 15.1 Å². The summed E-state index contributed by atoms with van der Waals surface area (Å²) in [6.45, 7) is 15.2. The van der Waals surface area contributed by atoms with E-state index in [0.717, 1.165) is 44.2 Å². The van der Waals surface area contributed by atoms with E-state index in [2.05, 4.69) is 42.0 Å². The Morgan fingerprint density at radius 3 is 2.50 bits per heavy atom. The lowest BCUT2D eigenvalue weighted by atomic mass is 10.2. The van der Waals surface area contributed by atoms with Gasteiger partial charge in [-0.05, 0) is 32.5 Å². The Kier molecular flexibility index (Phi) is 6.07. The van der Waals surface area contributed by atoms with Crippen LogP contribution in [0.1, 0.15) is 37.4 Å². The smallest absolute Gasteiger partial charge is 0.118 e. The van der Waals surface area contributed by atoms with Crippen LogP contribution in [0.3, 0.4) is 0 Å². The molecule has 1 N–H and O–H groups in total. The SMILES string of the molecule is CCCN1CCN(Cc2cc(CNCC)c(C)o2)CC1. The molecular formula is C16H29N3O. The summed E-state index contributed by atoms with van der Waals surface area (Å²) in [6, 6.07) is 2.22. The van der Waals surface area contributed by atoms with E-state index in [4.69, 9.17) is 4.42 Å². The van der Waals surface area contributed by atoms with Gasteiger partial charge in [0.2, 0.25) is 0 Å². The second kappa shape index (κ2) is 7.81. The van der Waals surface area contributed by atoms with E-state index in [1.54, 1.807) is 0 Å². The Balaban J connectivity index is 1.82. The second-order valence-corrected chi connectivity index (χ2v) is 5.69. The van der Waals surface area contributed by atoms with Crippen LogP contribution < -0.4 is 5.32 Å². The highest BCUT2D eigenvalue weighted by Crippen LogP contribution is 2.17. The van der Waals surface area contributed by atoms with Crippen LogP contribution in [0.25, 0.3) is 0 Å². The van der Waals surface area contributed by atoms with E-state index in [-0.39, 0.29) is 0 Å². The molecule has 0 bridgehead atoms. The van der Waals surface area contributed by atoms with E-state index in [0.29, 0.717) is 0 Å². The zero-order valence-corrected chi connectivity index (χ0v) is 13.2. The molecule has 1 saturated heterocycles. The summed E-state index contributed by atoms with van der Waals surface area (Å²) >= 11 is 0. The van der Waals surface area contributed by atoms with E-state index in [1.165, 1.54) is 31.6 Å². The van der Waals surface area contributed by atoms with Crippen LogP contribution in [-0.2, 0) is 13.1 Å². The van der Waals surface area contributed by atoms with Gasteiger partial charge in [-0.1, -0.05) is 13.8 Å². The van der Waals surface area contributed by atoms with Gasteiger partial charge in [-0.25, -0.2) is 0 Å². The van der Waals surface area contributed by atoms with Crippen LogP contribution in [0.4, 0.5) is 0 Å². The van der Waals surface area contributed by atoms with Gasteiger partial charge in [-0.2, -0.15) is 0 Å². The quantitative estimate of drug-likeness (QED) is 0.829. The van der Waals surface area contributed by atoms with Crippen molar-refractivity contribution in [3.63, 3.8) is 0 Å². The average molecular weight is 279 g/mol. The molecule has 0 saturated carbocycles. The Morgan fingerprint density at radius 1 is 1.15 bits per heavy atom. The van der Waals surface area contributed by atoms with Crippen LogP contribution in [0.2, 0.25) is 0 Å². The van der Waals surface area contributed by atoms with Crippen molar-refractivity contribution in [2.45, 2.75) is 40.3 Å². The van der Waals surface area contributed by atoms with Crippen LogP contribution >= 0.6 is 0 Å². The molecular weight excluding hydrogens is 250 g/mol. The lowest BCUT2D eigenvalue weighted by Gasteiger charge is -2.33. The molecule has 4 heteroatoms. The van der Waals surface area contributed by atoms with Gasteiger partial charge in [0.1, 0.15) is 11.5 Å². The van der Waals surface area contributed by atoms with Crippen molar-refractivity contribution >= 4 is 0 Å². The summed E-state index contributed by atoms with van der Waals surface area (Å²) in [4.78, 5) is 5.06. The Bertz CT molecular complexity index is 394. The monoisotopic (exact) mass is 279 g/mol. The van der Waals surface area contributed by atoms with Crippen LogP contribution in [-0.4, -0.2) is 49.1 Å². The third-order valence-electron chi connectivity index (χ3n) is 4.02. The number of hydrogen-bond acceptors (Lipinski definition) is 4. The van der Waals surface area contributed by atoms with Gasteiger partial charge in [0.15, 0.2) is 0 Å². The molecule has 0 aliphatic carbocycles. The van der Waals surface area contributed by atoms with Crippen molar-refractivity contribution in [3.8, 4) is 0 Å². The van der Waals surface area contributed by atoms with Gasteiger partial charge >= 0.3 is 0 Å². The van der Waals surface area contributed by atoms with E-state index in [9.17, 15) is 0 Å². The highest BCUT2D eigenvalue weighted by Gasteiger charge is 2.18. The predicted octanol–water partition coefficient (Wildman–Crippen LogP) is 2.23. The molecule has 0 atom stereocenters. The van der Waals surface area contributed by atoms with Crippen molar-refractivity contribution in [2.75, 3.05) is 39.3 Å². The molecule has 1 aliphatic heterocycles.